The minimum Gasteiger partial charge on any atom is -0.464 e. The van der Waals surface area contributed by atoms with E-state index in [0.29, 0.717) is 23.8 Å². The normalized spacial score (nSPS) is 20.2. The van der Waals surface area contributed by atoms with Crippen LogP contribution in [0.3, 0.4) is 0 Å². The zero-order chi connectivity index (χ0) is 20.2. The number of carbonyl (C=O) groups excluding carboxylic acids is 2. The van der Waals surface area contributed by atoms with E-state index in [4.69, 9.17) is 4.74 Å². The second-order valence-corrected chi connectivity index (χ2v) is 9.85. The van der Waals surface area contributed by atoms with Gasteiger partial charge in [0.05, 0.1) is 12.0 Å². The molecule has 1 heterocycles. The number of hydrogen-bond donors (Lipinski definition) is 0. The topological polar surface area (TPSA) is 46.6 Å². The summed E-state index contributed by atoms with van der Waals surface area (Å²) in [6.45, 7) is 13.1. The molecule has 2 unspecified atom stereocenters. The summed E-state index contributed by atoms with van der Waals surface area (Å²) < 4.78 is 5.36. The van der Waals surface area contributed by atoms with E-state index in [1.165, 1.54) is 5.56 Å². The number of nitrogens with zero attached hydrogens (tertiary/aromatic N) is 1. The van der Waals surface area contributed by atoms with Crippen molar-refractivity contribution in [3.05, 3.63) is 35.4 Å². The fraction of sp³-hybridized carbons (Fsp3) is 0.636. The fourth-order valence-electron chi connectivity index (χ4n) is 3.16. The Morgan fingerprint density at radius 1 is 1.22 bits per heavy atom. The lowest BCUT2D eigenvalue weighted by molar-refractivity contribution is -0.148. The summed E-state index contributed by atoms with van der Waals surface area (Å²) in [4.78, 5) is 27.6. The molecule has 0 radical (unpaired) electrons. The van der Waals surface area contributed by atoms with Gasteiger partial charge in [0.2, 0.25) is 0 Å². The van der Waals surface area contributed by atoms with Gasteiger partial charge in [-0.05, 0) is 41.9 Å². The maximum Gasteiger partial charge on any atom is 0.329 e. The predicted octanol–water partition coefficient (Wildman–Crippen LogP) is 4.87. The van der Waals surface area contributed by atoms with Crippen molar-refractivity contribution in [3.63, 3.8) is 0 Å². The molecule has 1 amide bonds. The molecule has 1 aromatic carbocycles. The zero-order valence-electron chi connectivity index (χ0n) is 17.5. The maximum absolute atomic E-state index is 13.3. The smallest absolute Gasteiger partial charge is 0.329 e. The number of amides is 1. The van der Waals surface area contributed by atoms with Crippen LogP contribution in [0.2, 0.25) is 0 Å². The number of rotatable bonds is 6. The van der Waals surface area contributed by atoms with Gasteiger partial charge in [0.1, 0.15) is 6.04 Å². The van der Waals surface area contributed by atoms with Gasteiger partial charge in [0.25, 0.3) is 5.91 Å². The number of benzene rings is 1. The number of carbonyl (C=O) groups is 2. The highest BCUT2D eigenvalue weighted by molar-refractivity contribution is 8.00. The minimum atomic E-state index is -0.500. The Balaban J connectivity index is 2.26. The third kappa shape index (κ3) is 5.50. The zero-order valence-corrected chi connectivity index (χ0v) is 18.3. The van der Waals surface area contributed by atoms with Crippen molar-refractivity contribution >= 4 is 23.6 Å². The highest BCUT2D eigenvalue weighted by Gasteiger charge is 2.42. The lowest BCUT2D eigenvalue weighted by atomic mass is 9.86. The van der Waals surface area contributed by atoms with Crippen LogP contribution in [0.25, 0.3) is 0 Å². The molecule has 0 saturated carbocycles. The second-order valence-electron chi connectivity index (χ2n) is 8.64. The standard InChI is InChI=1S/C22H33NO3S/c1-7-12-26-21(25)18-14-27-19(13-15(2)3)23(18)20(24)16-8-10-17(11-9-16)22(4,5)6/h8-11,15,18-19H,7,12-14H2,1-6H3. The lowest BCUT2D eigenvalue weighted by Gasteiger charge is -2.29. The van der Waals surface area contributed by atoms with E-state index in [2.05, 4.69) is 34.6 Å². The van der Waals surface area contributed by atoms with Gasteiger partial charge in [-0.3, -0.25) is 4.79 Å². The molecule has 5 heteroatoms. The van der Waals surface area contributed by atoms with Crippen LogP contribution in [0, 0.1) is 5.92 Å². The van der Waals surface area contributed by atoms with Crippen LogP contribution in [0.15, 0.2) is 24.3 Å². The van der Waals surface area contributed by atoms with Crippen molar-refractivity contribution < 1.29 is 14.3 Å². The Bertz CT molecular complexity index is 649. The average Bonchev–Trinajstić information content (AvgIpc) is 3.01. The molecule has 0 N–H and O–H groups in total. The molecule has 0 bridgehead atoms. The Morgan fingerprint density at radius 2 is 1.85 bits per heavy atom. The molecule has 4 nitrogen and oxygen atoms in total. The van der Waals surface area contributed by atoms with Crippen LogP contribution in [-0.2, 0) is 14.9 Å². The fourth-order valence-corrected chi connectivity index (χ4v) is 4.79. The van der Waals surface area contributed by atoms with Crippen LogP contribution < -0.4 is 0 Å². The van der Waals surface area contributed by atoms with E-state index in [9.17, 15) is 9.59 Å². The first-order valence-electron chi connectivity index (χ1n) is 9.86. The highest BCUT2D eigenvalue weighted by atomic mass is 32.2. The van der Waals surface area contributed by atoms with Gasteiger partial charge in [-0.25, -0.2) is 4.79 Å². The molecule has 2 atom stereocenters. The first-order chi connectivity index (χ1) is 12.6. The van der Waals surface area contributed by atoms with Gasteiger partial charge >= 0.3 is 5.97 Å². The largest absolute Gasteiger partial charge is 0.464 e. The average molecular weight is 392 g/mol. The van der Waals surface area contributed by atoms with Crippen LogP contribution in [0.5, 0.6) is 0 Å². The van der Waals surface area contributed by atoms with Crippen LogP contribution in [-0.4, -0.2) is 40.6 Å². The molecule has 0 aliphatic carbocycles. The first-order valence-corrected chi connectivity index (χ1v) is 10.9. The molecule has 1 saturated heterocycles. The molecular formula is C22H33NO3S. The maximum atomic E-state index is 13.3. The molecule has 1 aliphatic rings. The van der Waals surface area contributed by atoms with Gasteiger partial charge in [-0.15, -0.1) is 11.8 Å². The summed E-state index contributed by atoms with van der Waals surface area (Å²) in [5.74, 6) is 0.692. The third-order valence-electron chi connectivity index (χ3n) is 4.72. The van der Waals surface area contributed by atoms with E-state index < -0.39 is 6.04 Å². The van der Waals surface area contributed by atoms with Crippen molar-refractivity contribution in [2.24, 2.45) is 5.92 Å². The Kier molecular flexibility index (Phi) is 7.38. The van der Waals surface area contributed by atoms with Crippen molar-refractivity contribution in [2.45, 2.75) is 71.2 Å². The summed E-state index contributed by atoms with van der Waals surface area (Å²) in [7, 11) is 0. The Hall–Kier alpha value is -1.49. The summed E-state index contributed by atoms with van der Waals surface area (Å²) >= 11 is 1.68. The summed E-state index contributed by atoms with van der Waals surface area (Å²) in [6, 6.07) is 7.29. The molecule has 1 fully saturated rings. The number of ether oxygens (including phenoxy) is 1. The van der Waals surface area contributed by atoms with Crippen molar-refractivity contribution in [1.29, 1.82) is 0 Å². The van der Waals surface area contributed by atoms with E-state index in [1.807, 2.05) is 31.2 Å². The van der Waals surface area contributed by atoms with E-state index in [0.717, 1.165) is 12.8 Å². The first kappa shape index (κ1) is 21.8. The molecule has 2 rings (SSSR count). The third-order valence-corrected chi connectivity index (χ3v) is 6.03. The molecule has 0 aromatic heterocycles. The van der Waals surface area contributed by atoms with E-state index in [1.54, 1.807) is 16.7 Å². The molecule has 1 aromatic rings. The predicted molar refractivity (Wildman–Crippen MR) is 112 cm³/mol. The Morgan fingerprint density at radius 3 is 2.37 bits per heavy atom. The second kappa shape index (κ2) is 9.13. The van der Waals surface area contributed by atoms with Crippen LogP contribution in [0.4, 0.5) is 0 Å². The van der Waals surface area contributed by atoms with Gasteiger partial charge in [-0.2, -0.15) is 0 Å². The molecule has 27 heavy (non-hydrogen) atoms. The van der Waals surface area contributed by atoms with Gasteiger partial charge in [0, 0.05) is 11.3 Å². The Labute approximate surface area is 168 Å². The number of esters is 1. The van der Waals surface area contributed by atoms with Gasteiger partial charge < -0.3 is 9.64 Å². The molecule has 0 spiro atoms. The van der Waals surface area contributed by atoms with Crippen molar-refractivity contribution in [1.82, 2.24) is 4.90 Å². The van der Waals surface area contributed by atoms with Crippen LogP contribution >= 0.6 is 11.8 Å². The minimum absolute atomic E-state index is 0.0129. The van der Waals surface area contributed by atoms with Crippen molar-refractivity contribution in [2.75, 3.05) is 12.4 Å². The number of hydrogen-bond acceptors (Lipinski definition) is 4. The van der Waals surface area contributed by atoms with E-state index in [-0.39, 0.29) is 22.7 Å². The summed E-state index contributed by atoms with van der Waals surface area (Å²) in [5.41, 5.74) is 1.86. The van der Waals surface area contributed by atoms with Gasteiger partial charge in [-0.1, -0.05) is 53.7 Å². The SMILES string of the molecule is CCCOC(=O)C1CSC(CC(C)C)N1C(=O)c1ccc(C(C)(C)C)cc1. The monoisotopic (exact) mass is 391 g/mol. The molecule has 1 aliphatic heterocycles. The number of thioether (sulfide) groups is 1. The van der Waals surface area contributed by atoms with Crippen LogP contribution in [0.1, 0.15) is 70.3 Å². The molecular weight excluding hydrogens is 358 g/mol. The quantitative estimate of drug-likeness (QED) is 0.649. The summed E-state index contributed by atoms with van der Waals surface area (Å²) in [5, 5.41) is 0.0129. The lowest BCUT2D eigenvalue weighted by Crippen LogP contribution is -2.46. The van der Waals surface area contributed by atoms with Gasteiger partial charge in [0.15, 0.2) is 0 Å². The van der Waals surface area contributed by atoms with Crippen molar-refractivity contribution in [3.8, 4) is 0 Å². The summed E-state index contributed by atoms with van der Waals surface area (Å²) in [6.07, 6.45) is 1.65. The molecule has 150 valence electrons. The highest BCUT2D eigenvalue weighted by Crippen LogP contribution is 2.35. The van der Waals surface area contributed by atoms with E-state index >= 15 is 0 Å².